The molecule has 3 aromatic rings. The van der Waals surface area contributed by atoms with Gasteiger partial charge in [-0.1, -0.05) is 0 Å². The molecule has 1 saturated heterocycles. The lowest BCUT2D eigenvalue weighted by Crippen LogP contribution is -2.52. The molecule has 2 aromatic carbocycles. The van der Waals surface area contributed by atoms with Crippen LogP contribution in [0.2, 0.25) is 0 Å². The molecule has 1 amide bonds. The van der Waals surface area contributed by atoms with E-state index in [9.17, 15) is 9.18 Å². The van der Waals surface area contributed by atoms with Gasteiger partial charge in [0.2, 0.25) is 5.91 Å². The number of carbonyl (C=O) groups is 1. The van der Waals surface area contributed by atoms with Gasteiger partial charge >= 0.3 is 0 Å². The van der Waals surface area contributed by atoms with Crippen LogP contribution in [0.25, 0.3) is 10.9 Å². The summed E-state index contributed by atoms with van der Waals surface area (Å²) in [4.78, 5) is 22.8. The molecule has 184 valence electrons. The molecule has 2 heterocycles. The van der Waals surface area contributed by atoms with Crippen molar-refractivity contribution in [2.24, 2.45) is 0 Å². The average molecular weight is 480 g/mol. The van der Waals surface area contributed by atoms with Gasteiger partial charge < -0.3 is 20.1 Å². The van der Waals surface area contributed by atoms with E-state index in [0.29, 0.717) is 35.5 Å². The van der Waals surface area contributed by atoms with Crippen LogP contribution in [0.4, 0.5) is 15.9 Å². The number of hydrogen-bond donors (Lipinski definition) is 2. The minimum absolute atomic E-state index is 0.0667. The fourth-order valence-corrected chi connectivity index (χ4v) is 4.95. The molecular formula is C26H30FN5O3. The smallest absolute Gasteiger partial charge is 0.234 e. The summed E-state index contributed by atoms with van der Waals surface area (Å²) in [6, 6.07) is 9.05. The molecule has 8 nitrogen and oxygen atoms in total. The van der Waals surface area contributed by atoms with Crippen molar-refractivity contribution < 1.29 is 18.7 Å². The third-order valence-corrected chi connectivity index (χ3v) is 6.86. The van der Waals surface area contributed by atoms with Crippen molar-refractivity contribution in [3.05, 3.63) is 48.0 Å². The Kier molecular flexibility index (Phi) is 6.68. The first kappa shape index (κ1) is 23.3. The number of amides is 1. The summed E-state index contributed by atoms with van der Waals surface area (Å²) in [6.45, 7) is 3.84. The third kappa shape index (κ3) is 5.14. The number of benzene rings is 2. The number of halogens is 1. The number of aryl methyl sites for hydroxylation is 1. The van der Waals surface area contributed by atoms with Gasteiger partial charge in [0.1, 0.15) is 18.0 Å². The van der Waals surface area contributed by atoms with E-state index in [2.05, 4.69) is 25.5 Å². The maximum atomic E-state index is 13.7. The number of methoxy groups -OCH3 is 1. The number of fused-ring (bicyclic) bond motifs is 1. The second kappa shape index (κ2) is 10.0. The van der Waals surface area contributed by atoms with Gasteiger partial charge in [0.15, 0.2) is 11.5 Å². The van der Waals surface area contributed by atoms with Crippen molar-refractivity contribution in [1.29, 1.82) is 0 Å². The minimum Gasteiger partial charge on any atom is -0.493 e. The van der Waals surface area contributed by atoms with Crippen LogP contribution in [-0.2, 0) is 4.79 Å². The van der Waals surface area contributed by atoms with Crippen molar-refractivity contribution in [3.63, 3.8) is 0 Å². The molecule has 2 N–H and O–H groups in total. The van der Waals surface area contributed by atoms with Crippen LogP contribution in [0.1, 0.15) is 31.2 Å². The number of piperazine rings is 1. The van der Waals surface area contributed by atoms with Gasteiger partial charge in [-0.15, -0.1) is 0 Å². The van der Waals surface area contributed by atoms with Crippen LogP contribution in [0.15, 0.2) is 36.7 Å². The van der Waals surface area contributed by atoms with E-state index < -0.39 is 0 Å². The number of aromatic nitrogens is 2. The first-order valence-electron chi connectivity index (χ1n) is 12.0. The van der Waals surface area contributed by atoms with Crippen LogP contribution >= 0.6 is 0 Å². The fraction of sp³-hybridized carbons (Fsp3) is 0.423. The van der Waals surface area contributed by atoms with Gasteiger partial charge in [-0.05, 0) is 62.4 Å². The average Bonchev–Trinajstić information content (AvgIpc) is 2.87. The maximum Gasteiger partial charge on any atom is 0.234 e. The Bertz CT molecular complexity index is 1230. The lowest BCUT2D eigenvalue weighted by Gasteiger charge is -2.38. The van der Waals surface area contributed by atoms with E-state index in [1.54, 1.807) is 26.2 Å². The monoisotopic (exact) mass is 479 g/mol. The van der Waals surface area contributed by atoms with E-state index in [1.807, 2.05) is 12.1 Å². The van der Waals surface area contributed by atoms with Gasteiger partial charge in [0, 0.05) is 36.3 Å². The Hall–Kier alpha value is -3.46. The molecule has 1 aliphatic carbocycles. The predicted molar refractivity (Wildman–Crippen MR) is 132 cm³/mol. The molecular weight excluding hydrogens is 449 g/mol. The molecule has 2 fully saturated rings. The summed E-state index contributed by atoms with van der Waals surface area (Å²) in [5, 5.41) is 6.96. The summed E-state index contributed by atoms with van der Waals surface area (Å²) in [6.07, 6.45) is 5.37. The summed E-state index contributed by atoms with van der Waals surface area (Å²) >= 11 is 0. The zero-order valence-corrected chi connectivity index (χ0v) is 20.0. The quantitative estimate of drug-likeness (QED) is 0.553. The van der Waals surface area contributed by atoms with Gasteiger partial charge in [0.05, 0.1) is 25.3 Å². The van der Waals surface area contributed by atoms with Gasteiger partial charge in [-0.2, -0.15) is 0 Å². The lowest BCUT2D eigenvalue weighted by molar-refractivity contribution is -0.125. The first-order valence-corrected chi connectivity index (χ1v) is 12.0. The highest BCUT2D eigenvalue weighted by atomic mass is 19.1. The highest BCUT2D eigenvalue weighted by molar-refractivity contribution is 5.93. The molecule has 0 radical (unpaired) electrons. The summed E-state index contributed by atoms with van der Waals surface area (Å²) in [5.41, 5.74) is 2.02. The Morgan fingerprint density at radius 3 is 2.69 bits per heavy atom. The zero-order chi connectivity index (χ0) is 24.4. The van der Waals surface area contributed by atoms with Crippen LogP contribution in [-0.4, -0.2) is 59.7 Å². The number of anilines is 2. The molecule has 9 heteroatoms. The molecule has 1 aromatic heterocycles. The topological polar surface area (TPSA) is 88.6 Å². The van der Waals surface area contributed by atoms with Crippen molar-refractivity contribution in [3.8, 4) is 11.5 Å². The summed E-state index contributed by atoms with van der Waals surface area (Å²) < 4.78 is 25.7. The summed E-state index contributed by atoms with van der Waals surface area (Å²) in [5.74, 6) is 1.74. The van der Waals surface area contributed by atoms with Crippen LogP contribution in [0.3, 0.4) is 0 Å². The van der Waals surface area contributed by atoms with E-state index in [1.165, 1.54) is 12.4 Å². The SMILES string of the molecule is COc1cc2ncnc(Nc3ccc(F)c(C)c3)c2cc1O[C@H]1CC[C@@H](N2CCNC(=O)C2)CC1. The lowest BCUT2D eigenvalue weighted by atomic mass is 9.91. The van der Waals surface area contributed by atoms with Crippen LogP contribution in [0.5, 0.6) is 11.5 Å². The second-order valence-electron chi connectivity index (χ2n) is 9.20. The van der Waals surface area contributed by atoms with Crippen LogP contribution < -0.4 is 20.1 Å². The fourth-order valence-electron chi connectivity index (χ4n) is 4.95. The van der Waals surface area contributed by atoms with E-state index in [0.717, 1.165) is 55.4 Å². The van der Waals surface area contributed by atoms with Crippen LogP contribution in [0, 0.1) is 12.7 Å². The number of ether oxygens (including phenoxy) is 2. The first-order chi connectivity index (χ1) is 17.0. The van der Waals surface area contributed by atoms with Crippen molar-refractivity contribution in [2.75, 3.05) is 32.1 Å². The minimum atomic E-state index is -0.248. The molecule has 0 unspecified atom stereocenters. The second-order valence-corrected chi connectivity index (χ2v) is 9.20. The predicted octanol–water partition coefficient (Wildman–Crippen LogP) is 3.95. The van der Waals surface area contributed by atoms with E-state index in [-0.39, 0.29) is 17.8 Å². The van der Waals surface area contributed by atoms with Gasteiger partial charge in [-0.25, -0.2) is 14.4 Å². The number of nitrogens with one attached hydrogen (secondary N) is 2. The Morgan fingerprint density at radius 2 is 1.94 bits per heavy atom. The molecule has 2 aliphatic rings. The normalized spacial score (nSPS) is 20.9. The highest BCUT2D eigenvalue weighted by Gasteiger charge is 2.30. The van der Waals surface area contributed by atoms with E-state index in [4.69, 9.17) is 9.47 Å². The molecule has 35 heavy (non-hydrogen) atoms. The molecule has 5 rings (SSSR count). The maximum absolute atomic E-state index is 13.7. The molecule has 1 saturated carbocycles. The van der Waals surface area contributed by atoms with Crippen molar-refractivity contribution >= 4 is 28.3 Å². The van der Waals surface area contributed by atoms with Gasteiger partial charge in [0.25, 0.3) is 0 Å². The molecule has 0 bridgehead atoms. The molecule has 1 aliphatic heterocycles. The molecule has 0 spiro atoms. The standard InChI is InChI=1S/C26H30FN5O3/c1-16-11-17(3-8-21(16)27)31-26-20-12-24(23(34-2)13-22(20)29-15-30-26)35-19-6-4-18(5-7-19)32-10-9-28-25(33)14-32/h3,8,11-13,15,18-19H,4-7,9-10,14H2,1-2H3,(H,28,33)(H,29,30,31)/t18-,19+. The largest absolute Gasteiger partial charge is 0.493 e. The van der Waals surface area contributed by atoms with Crippen molar-refractivity contribution in [1.82, 2.24) is 20.2 Å². The van der Waals surface area contributed by atoms with Gasteiger partial charge in [-0.3, -0.25) is 9.69 Å². The number of rotatable bonds is 6. The third-order valence-electron chi connectivity index (χ3n) is 6.86. The van der Waals surface area contributed by atoms with E-state index >= 15 is 0 Å². The zero-order valence-electron chi connectivity index (χ0n) is 20.0. The highest BCUT2D eigenvalue weighted by Crippen LogP contribution is 2.37. The number of hydrogen-bond acceptors (Lipinski definition) is 7. The number of nitrogens with zero attached hydrogens (tertiary/aromatic N) is 3. The Labute approximate surface area is 203 Å². The Balaban J connectivity index is 1.33. The Morgan fingerprint density at radius 1 is 1.11 bits per heavy atom. The van der Waals surface area contributed by atoms with Crippen molar-refractivity contribution in [2.45, 2.75) is 44.8 Å². The molecule has 0 atom stereocenters. The summed E-state index contributed by atoms with van der Waals surface area (Å²) in [7, 11) is 1.62. The number of carbonyl (C=O) groups excluding carboxylic acids is 1.